The van der Waals surface area contributed by atoms with Crippen LogP contribution in [0.2, 0.25) is 0 Å². The van der Waals surface area contributed by atoms with Crippen LogP contribution in [0.4, 0.5) is 0 Å². The van der Waals surface area contributed by atoms with Gasteiger partial charge in [0.25, 0.3) is 0 Å². The molecule has 1 aromatic carbocycles. The van der Waals surface area contributed by atoms with Gasteiger partial charge in [-0.1, -0.05) is 48.9 Å². The van der Waals surface area contributed by atoms with Gasteiger partial charge in [-0.15, -0.1) is 0 Å². The molecule has 3 aliphatic rings. The van der Waals surface area contributed by atoms with Crippen LogP contribution in [-0.2, 0) is 4.79 Å². The van der Waals surface area contributed by atoms with Crippen LogP contribution in [0.5, 0.6) is 0 Å². The standard InChI is InChI=1S/C26H38N2O2/c1-4-20(14-19-8-6-5-7-9-19)22-15-23(22)27-21-16-26(17-21)10-12-28(13-11-26)18-25(2,3)24(29)30/h5-9,14,21-23,27H,4,10-13,15-18H2,1-3H3,(H,29,30). The molecule has 1 heterocycles. The Bertz CT molecular complexity index is 769. The maximum absolute atomic E-state index is 11.4. The van der Waals surface area contributed by atoms with E-state index < -0.39 is 11.4 Å². The predicted octanol–water partition coefficient (Wildman–Crippen LogP) is 4.81. The summed E-state index contributed by atoms with van der Waals surface area (Å²) >= 11 is 0. The second-order valence-electron chi connectivity index (χ2n) is 10.7. The first-order valence-electron chi connectivity index (χ1n) is 11.8. The van der Waals surface area contributed by atoms with Gasteiger partial charge in [0, 0.05) is 18.6 Å². The molecule has 2 unspecified atom stereocenters. The first kappa shape index (κ1) is 21.6. The molecule has 2 aliphatic carbocycles. The maximum Gasteiger partial charge on any atom is 0.310 e. The highest BCUT2D eigenvalue weighted by molar-refractivity contribution is 5.73. The Balaban J connectivity index is 1.21. The molecule has 2 saturated carbocycles. The van der Waals surface area contributed by atoms with E-state index in [0.717, 1.165) is 19.5 Å². The topological polar surface area (TPSA) is 52.6 Å². The smallest absolute Gasteiger partial charge is 0.310 e. The van der Waals surface area contributed by atoms with E-state index in [-0.39, 0.29) is 0 Å². The summed E-state index contributed by atoms with van der Waals surface area (Å²) in [7, 11) is 0. The predicted molar refractivity (Wildman–Crippen MR) is 122 cm³/mol. The van der Waals surface area contributed by atoms with Crippen molar-refractivity contribution in [2.45, 2.75) is 71.4 Å². The van der Waals surface area contributed by atoms with Gasteiger partial charge in [-0.3, -0.25) is 4.79 Å². The molecule has 1 aliphatic heterocycles. The third-order valence-corrected chi connectivity index (χ3v) is 7.75. The molecule has 164 valence electrons. The number of hydrogen-bond acceptors (Lipinski definition) is 3. The monoisotopic (exact) mass is 410 g/mol. The molecule has 1 saturated heterocycles. The Labute approximate surface area is 181 Å². The number of rotatable bonds is 8. The molecule has 2 N–H and O–H groups in total. The number of piperidine rings is 1. The van der Waals surface area contributed by atoms with E-state index in [1.165, 1.54) is 37.7 Å². The fraction of sp³-hybridized carbons (Fsp3) is 0.654. The molecule has 1 spiro atoms. The van der Waals surface area contributed by atoms with Crippen LogP contribution in [0.15, 0.2) is 35.9 Å². The van der Waals surface area contributed by atoms with Crippen molar-refractivity contribution in [2.75, 3.05) is 19.6 Å². The summed E-state index contributed by atoms with van der Waals surface area (Å²) in [5, 5.41) is 13.3. The van der Waals surface area contributed by atoms with E-state index in [1.807, 2.05) is 13.8 Å². The third kappa shape index (κ3) is 4.81. The molecule has 4 heteroatoms. The zero-order valence-electron chi connectivity index (χ0n) is 18.9. The van der Waals surface area contributed by atoms with Crippen molar-refractivity contribution in [1.29, 1.82) is 0 Å². The van der Waals surface area contributed by atoms with Crippen molar-refractivity contribution in [3.8, 4) is 0 Å². The zero-order chi connectivity index (χ0) is 21.4. The summed E-state index contributed by atoms with van der Waals surface area (Å²) in [5.41, 5.74) is 2.77. The van der Waals surface area contributed by atoms with Gasteiger partial charge in [-0.2, -0.15) is 0 Å². The number of carboxylic acids is 1. The average molecular weight is 411 g/mol. The first-order valence-corrected chi connectivity index (χ1v) is 11.8. The molecule has 1 aromatic rings. The number of hydrogen-bond donors (Lipinski definition) is 2. The van der Waals surface area contributed by atoms with Gasteiger partial charge in [0.1, 0.15) is 0 Å². The number of aliphatic carboxylic acids is 1. The minimum atomic E-state index is -0.692. The normalized spacial score (nSPS) is 27.1. The minimum Gasteiger partial charge on any atom is -0.481 e. The Hall–Kier alpha value is -1.65. The van der Waals surface area contributed by atoms with Gasteiger partial charge in [-0.05, 0) is 82.4 Å². The van der Waals surface area contributed by atoms with Gasteiger partial charge in [0.05, 0.1) is 5.41 Å². The van der Waals surface area contributed by atoms with Gasteiger partial charge >= 0.3 is 5.97 Å². The highest BCUT2D eigenvalue weighted by atomic mass is 16.4. The highest BCUT2D eigenvalue weighted by Crippen LogP contribution is 2.51. The highest BCUT2D eigenvalue weighted by Gasteiger charge is 2.49. The molecule has 4 nitrogen and oxygen atoms in total. The van der Waals surface area contributed by atoms with E-state index >= 15 is 0 Å². The molecular formula is C26H38N2O2. The zero-order valence-corrected chi connectivity index (χ0v) is 18.9. The average Bonchev–Trinajstić information content (AvgIpc) is 3.46. The lowest BCUT2D eigenvalue weighted by atomic mass is 9.60. The second kappa shape index (κ2) is 8.47. The number of nitrogens with one attached hydrogen (secondary N) is 1. The molecule has 0 aromatic heterocycles. The van der Waals surface area contributed by atoms with Crippen LogP contribution in [-0.4, -0.2) is 47.7 Å². The van der Waals surface area contributed by atoms with Crippen molar-refractivity contribution in [2.24, 2.45) is 16.7 Å². The second-order valence-corrected chi connectivity index (χ2v) is 10.7. The minimum absolute atomic E-state index is 0.513. The SMILES string of the molecule is CCC(=Cc1ccccc1)C1CC1NC1CC2(CCN(CC(C)(C)C(=O)O)CC2)C1. The van der Waals surface area contributed by atoms with Crippen molar-refractivity contribution < 1.29 is 9.90 Å². The molecule has 30 heavy (non-hydrogen) atoms. The summed E-state index contributed by atoms with van der Waals surface area (Å²) in [4.78, 5) is 13.8. The Kier molecular flexibility index (Phi) is 6.09. The quantitative estimate of drug-likeness (QED) is 0.645. The van der Waals surface area contributed by atoms with E-state index in [9.17, 15) is 9.90 Å². The van der Waals surface area contributed by atoms with E-state index in [4.69, 9.17) is 0 Å². The van der Waals surface area contributed by atoms with Crippen LogP contribution >= 0.6 is 0 Å². The summed E-state index contributed by atoms with van der Waals surface area (Å²) in [6, 6.07) is 12.0. The summed E-state index contributed by atoms with van der Waals surface area (Å²) in [6.07, 6.45) is 9.87. The number of likely N-dealkylation sites (tertiary alicyclic amines) is 1. The Morgan fingerprint density at radius 1 is 1.23 bits per heavy atom. The van der Waals surface area contributed by atoms with Crippen molar-refractivity contribution in [3.63, 3.8) is 0 Å². The van der Waals surface area contributed by atoms with E-state index in [1.54, 1.807) is 5.57 Å². The van der Waals surface area contributed by atoms with Crippen molar-refractivity contribution >= 4 is 12.0 Å². The third-order valence-electron chi connectivity index (χ3n) is 7.75. The fourth-order valence-electron chi connectivity index (χ4n) is 5.65. The van der Waals surface area contributed by atoms with Gasteiger partial charge in [0.15, 0.2) is 0 Å². The number of benzene rings is 1. The lowest BCUT2D eigenvalue weighted by Crippen LogP contribution is -2.55. The lowest BCUT2D eigenvalue weighted by Gasteiger charge is -2.53. The fourth-order valence-corrected chi connectivity index (χ4v) is 5.65. The number of carbonyl (C=O) groups is 1. The van der Waals surface area contributed by atoms with Crippen LogP contribution in [0.3, 0.4) is 0 Å². The molecule has 0 bridgehead atoms. The summed E-state index contributed by atoms with van der Waals surface area (Å²) < 4.78 is 0. The summed E-state index contributed by atoms with van der Waals surface area (Å²) in [6.45, 7) is 8.72. The molecule has 0 amide bonds. The van der Waals surface area contributed by atoms with E-state index in [2.05, 4.69) is 53.5 Å². The molecular weight excluding hydrogens is 372 g/mol. The van der Waals surface area contributed by atoms with Crippen molar-refractivity contribution in [3.05, 3.63) is 41.5 Å². The van der Waals surface area contributed by atoms with Gasteiger partial charge < -0.3 is 15.3 Å². The first-order chi connectivity index (χ1) is 14.3. The molecule has 4 rings (SSSR count). The number of carboxylic acid groups (broad SMARTS) is 1. The number of nitrogens with zero attached hydrogens (tertiary/aromatic N) is 1. The lowest BCUT2D eigenvalue weighted by molar-refractivity contribution is -0.148. The van der Waals surface area contributed by atoms with E-state index in [0.29, 0.717) is 30.0 Å². The van der Waals surface area contributed by atoms with Crippen LogP contribution in [0.1, 0.15) is 64.9 Å². The molecule has 3 fully saturated rings. The Morgan fingerprint density at radius 3 is 2.50 bits per heavy atom. The van der Waals surface area contributed by atoms with Gasteiger partial charge in [0.2, 0.25) is 0 Å². The van der Waals surface area contributed by atoms with Gasteiger partial charge in [-0.25, -0.2) is 0 Å². The maximum atomic E-state index is 11.4. The largest absolute Gasteiger partial charge is 0.481 e. The van der Waals surface area contributed by atoms with Crippen LogP contribution < -0.4 is 5.32 Å². The Morgan fingerprint density at radius 2 is 1.90 bits per heavy atom. The van der Waals surface area contributed by atoms with Crippen LogP contribution in [0.25, 0.3) is 6.08 Å². The summed E-state index contributed by atoms with van der Waals surface area (Å²) in [5.74, 6) is 0.0225. The van der Waals surface area contributed by atoms with Crippen LogP contribution in [0, 0.1) is 16.7 Å². The molecule has 0 radical (unpaired) electrons. The van der Waals surface area contributed by atoms with Crippen molar-refractivity contribution in [1.82, 2.24) is 10.2 Å². The molecule has 2 atom stereocenters.